The van der Waals surface area contributed by atoms with Crippen LogP contribution < -0.4 is 0 Å². The number of hydrogen-bond acceptors (Lipinski definition) is 2. The van der Waals surface area contributed by atoms with Gasteiger partial charge in [0.05, 0.1) is 18.5 Å². The average Bonchev–Trinajstić information content (AvgIpc) is 2.59. The number of hydrogen-bond donors (Lipinski definition) is 1. The monoisotopic (exact) mass is 194 g/mol. The van der Waals surface area contributed by atoms with Gasteiger partial charge in [-0.1, -0.05) is 13.8 Å². The number of fused-ring (bicyclic) bond motifs is 1. The summed E-state index contributed by atoms with van der Waals surface area (Å²) in [5, 5.41) is 9.10. The zero-order valence-electron chi connectivity index (χ0n) is 8.90. The molecule has 0 saturated carbocycles. The van der Waals surface area contributed by atoms with E-state index in [1.54, 1.807) is 6.20 Å². The summed E-state index contributed by atoms with van der Waals surface area (Å²) in [5.41, 5.74) is 0.960. The zero-order chi connectivity index (χ0) is 10.1. The lowest BCUT2D eigenvalue weighted by molar-refractivity contribution is 0.254. The molecule has 0 fully saturated rings. The molecule has 0 radical (unpaired) electrons. The maximum Gasteiger partial charge on any atom is 0.109 e. The van der Waals surface area contributed by atoms with Crippen LogP contribution in [0.15, 0.2) is 6.20 Å². The summed E-state index contributed by atoms with van der Waals surface area (Å²) in [4.78, 5) is 4.36. The third kappa shape index (κ3) is 1.57. The molecule has 0 aliphatic carbocycles. The number of imidazole rings is 1. The van der Waals surface area contributed by atoms with E-state index in [1.807, 2.05) is 0 Å². The molecule has 2 heterocycles. The summed E-state index contributed by atoms with van der Waals surface area (Å²) in [5.74, 6) is 2.65. The van der Waals surface area contributed by atoms with E-state index < -0.39 is 0 Å². The van der Waals surface area contributed by atoms with Gasteiger partial charge in [-0.3, -0.25) is 0 Å². The summed E-state index contributed by atoms with van der Waals surface area (Å²) in [6.45, 7) is 5.68. The van der Waals surface area contributed by atoms with E-state index in [2.05, 4.69) is 23.4 Å². The molecule has 1 unspecified atom stereocenters. The van der Waals surface area contributed by atoms with Crippen molar-refractivity contribution >= 4 is 0 Å². The Morgan fingerprint density at radius 2 is 2.43 bits per heavy atom. The van der Waals surface area contributed by atoms with Gasteiger partial charge in [0.1, 0.15) is 5.82 Å². The molecule has 2 rings (SSSR count). The summed E-state index contributed by atoms with van der Waals surface area (Å²) >= 11 is 0. The van der Waals surface area contributed by atoms with Crippen LogP contribution in [0.2, 0.25) is 0 Å². The van der Waals surface area contributed by atoms with Gasteiger partial charge in [0, 0.05) is 13.0 Å². The van der Waals surface area contributed by atoms with Gasteiger partial charge in [-0.2, -0.15) is 0 Å². The fourth-order valence-corrected chi connectivity index (χ4v) is 2.22. The van der Waals surface area contributed by atoms with E-state index in [1.165, 1.54) is 6.42 Å². The lowest BCUT2D eigenvalue weighted by atomic mass is 9.87. The van der Waals surface area contributed by atoms with Gasteiger partial charge in [0.15, 0.2) is 0 Å². The van der Waals surface area contributed by atoms with Crippen molar-refractivity contribution < 1.29 is 5.11 Å². The SMILES string of the molecule is CC(C)C1CCn2c(CO)cnc2C1. The Hall–Kier alpha value is -0.830. The second-order valence-corrected chi connectivity index (χ2v) is 4.47. The Morgan fingerprint density at radius 1 is 1.64 bits per heavy atom. The fraction of sp³-hybridized carbons (Fsp3) is 0.727. The molecular formula is C11H18N2O. The van der Waals surface area contributed by atoms with Crippen molar-refractivity contribution in [3.8, 4) is 0 Å². The highest BCUT2D eigenvalue weighted by Crippen LogP contribution is 2.26. The smallest absolute Gasteiger partial charge is 0.109 e. The Balaban J connectivity index is 2.20. The fourth-order valence-electron chi connectivity index (χ4n) is 2.22. The third-order valence-electron chi connectivity index (χ3n) is 3.29. The summed E-state index contributed by atoms with van der Waals surface area (Å²) in [6, 6.07) is 0. The van der Waals surface area contributed by atoms with E-state index >= 15 is 0 Å². The molecular weight excluding hydrogens is 176 g/mol. The van der Waals surface area contributed by atoms with Crippen molar-refractivity contribution in [3.63, 3.8) is 0 Å². The Morgan fingerprint density at radius 3 is 3.07 bits per heavy atom. The van der Waals surface area contributed by atoms with Gasteiger partial charge in [0.25, 0.3) is 0 Å². The Kier molecular flexibility index (Phi) is 2.59. The molecule has 1 aliphatic heterocycles. The van der Waals surface area contributed by atoms with Crippen molar-refractivity contribution in [2.45, 2.75) is 39.8 Å². The van der Waals surface area contributed by atoms with Crippen molar-refractivity contribution in [1.29, 1.82) is 0 Å². The van der Waals surface area contributed by atoms with E-state index in [9.17, 15) is 0 Å². The molecule has 14 heavy (non-hydrogen) atoms. The van der Waals surface area contributed by atoms with Gasteiger partial charge in [-0.15, -0.1) is 0 Å². The quantitative estimate of drug-likeness (QED) is 0.776. The molecule has 1 aromatic heterocycles. The van der Waals surface area contributed by atoms with Crippen molar-refractivity contribution in [1.82, 2.24) is 9.55 Å². The molecule has 0 spiro atoms. The molecule has 0 aromatic carbocycles. The van der Waals surface area contributed by atoms with E-state index in [0.717, 1.165) is 36.3 Å². The van der Waals surface area contributed by atoms with Crippen molar-refractivity contribution in [2.24, 2.45) is 11.8 Å². The summed E-state index contributed by atoms with van der Waals surface area (Å²) in [6.07, 6.45) is 4.09. The van der Waals surface area contributed by atoms with Crippen molar-refractivity contribution in [3.05, 3.63) is 17.7 Å². The first-order valence-corrected chi connectivity index (χ1v) is 5.36. The summed E-state index contributed by atoms with van der Waals surface area (Å²) in [7, 11) is 0. The number of aliphatic hydroxyl groups excluding tert-OH is 1. The first-order valence-electron chi connectivity index (χ1n) is 5.36. The van der Waals surface area contributed by atoms with Crippen LogP contribution in [0.5, 0.6) is 0 Å². The highest BCUT2D eigenvalue weighted by molar-refractivity contribution is 5.07. The maximum absolute atomic E-state index is 9.10. The van der Waals surface area contributed by atoms with Gasteiger partial charge in [0.2, 0.25) is 0 Å². The highest BCUT2D eigenvalue weighted by Gasteiger charge is 2.23. The Labute approximate surface area is 84.8 Å². The number of aliphatic hydroxyl groups is 1. The molecule has 3 nitrogen and oxygen atoms in total. The molecule has 1 N–H and O–H groups in total. The van der Waals surface area contributed by atoms with Gasteiger partial charge < -0.3 is 9.67 Å². The molecule has 1 aromatic rings. The second-order valence-electron chi connectivity index (χ2n) is 4.47. The first kappa shape index (κ1) is 9.71. The van der Waals surface area contributed by atoms with Gasteiger partial charge >= 0.3 is 0 Å². The van der Waals surface area contributed by atoms with Crippen LogP contribution in [0.4, 0.5) is 0 Å². The first-order chi connectivity index (χ1) is 6.72. The zero-order valence-corrected chi connectivity index (χ0v) is 8.90. The predicted molar refractivity (Wildman–Crippen MR) is 54.8 cm³/mol. The third-order valence-corrected chi connectivity index (χ3v) is 3.29. The highest BCUT2D eigenvalue weighted by atomic mass is 16.3. The van der Waals surface area contributed by atoms with Crippen LogP contribution in [0.3, 0.4) is 0 Å². The van der Waals surface area contributed by atoms with Crippen LogP contribution in [0, 0.1) is 11.8 Å². The maximum atomic E-state index is 9.10. The Bertz CT molecular complexity index is 317. The van der Waals surface area contributed by atoms with Crippen LogP contribution in [0.25, 0.3) is 0 Å². The van der Waals surface area contributed by atoms with Crippen molar-refractivity contribution in [2.75, 3.05) is 0 Å². The average molecular weight is 194 g/mol. The molecule has 78 valence electrons. The largest absolute Gasteiger partial charge is 0.390 e. The second kappa shape index (κ2) is 3.73. The van der Waals surface area contributed by atoms with E-state index in [-0.39, 0.29) is 6.61 Å². The number of rotatable bonds is 2. The minimum absolute atomic E-state index is 0.110. The summed E-state index contributed by atoms with van der Waals surface area (Å²) < 4.78 is 2.17. The van der Waals surface area contributed by atoms with Crippen LogP contribution in [-0.4, -0.2) is 14.7 Å². The van der Waals surface area contributed by atoms with E-state index in [4.69, 9.17) is 5.11 Å². The topological polar surface area (TPSA) is 38.0 Å². The van der Waals surface area contributed by atoms with E-state index in [0.29, 0.717) is 0 Å². The number of nitrogens with zero attached hydrogens (tertiary/aromatic N) is 2. The molecule has 3 heteroatoms. The molecule has 0 saturated heterocycles. The van der Waals surface area contributed by atoms with Crippen LogP contribution in [-0.2, 0) is 19.6 Å². The molecule has 1 atom stereocenters. The minimum atomic E-state index is 0.110. The molecule has 0 amide bonds. The lowest BCUT2D eigenvalue weighted by Crippen LogP contribution is -2.24. The lowest BCUT2D eigenvalue weighted by Gasteiger charge is -2.27. The normalized spacial score (nSPS) is 21.3. The van der Waals surface area contributed by atoms with Crippen LogP contribution >= 0.6 is 0 Å². The standard InChI is InChI=1S/C11H18N2O/c1-8(2)9-3-4-13-10(7-14)6-12-11(13)5-9/h6,8-9,14H,3-5,7H2,1-2H3. The molecule has 1 aliphatic rings. The minimum Gasteiger partial charge on any atom is -0.390 e. The van der Waals surface area contributed by atoms with Gasteiger partial charge in [-0.25, -0.2) is 4.98 Å². The van der Waals surface area contributed by atoms with Gasteiger partial charge in [-0.05, 0) is 18.3 Å². The predicted octanol–water partition coefficient (Wildman–Crippen LogP) is 1.59. The molecule has 0 bridgehead atoms. The van der Waals surface area contributed by atoms with Crippen LogP contribution in [0.1, 0.15) is 31.8 Å². The number of aromatic nitrogens is 2.